The highest BCUT2D eigenvalue weighted by molar-refractivity contribution is 4.95. The summed E-state index contributed by atoms with van der Waals surface area (Å²) < 4.78 is 0. The van der Waals surface area contributed by atoms with Crippen LogP contribution in [-0.2, 0) is 0 Å². The normalized spacial score (nSPS) is 30.5. The third kappa shape index (κ3) is 1.64. The van der Waals surface area contributed by atoms with E-state index in [0.717, 1.165) is 38.0 Å². The highest BCUT2D eigenvalue weighted by Crippen LogP contribution is 2.39. The van der Waals surface area contributed by atoms with Crippen LogP contribution in [0, 0.1) is 5.92 Å². The van der Waals surface area contributed by atoms with Crippen molar-refractivity contribution in [3.8, 4) is 0 Å². The summed E-state index contributed by atoms with van der Waals surface area (Å²) in [4.78, 5) is 0. The van der Waals surface area contributed by atoms with Crippen LogP contribution in [0.25, 0.3) is 0 Å². The predicted octanol–water partition coefficient (Wildman–Crippen LogP) is 1.42. The number of aliphatic hydroxyl groups is 1. The molecule has 3 N–H and O–H groups in total. The van der Waals surface area contributed by atoms with Gasteiger partial charge in [-0.15, -0.1) is 0 Å². The van der Waals surface area contributed by atoms with Crippen molar-refractivity contribution >= 4 is 0 Å². The Morgan fingerprint density at radius 2 is 1.92 bits per heavy atom. The molecule has 0 heterocycles. The number of rotatable bonds is 3. The van der Waals surface area contributed by atoms with Crippen LogP contribution >= 0.6 is 0 Å². The molecule has 2 aliphatic rings. The molecule has 0 bridgehead atoms. The van der Waals surface area contributed by atoms with E-state index in [1.807, 2.05) is 0 Å². The molecule has 2 aliphatic carbocycles. The topological polar surface area (TPSA) is 46.2 Å². The minimum absolute atomic E-state index is 0.0486. The van der Waals surface area contributed by atoms with Crippen LogP contribution in [0.3, 0.4) is 0 Å². The number of hydrogen-bond donors (Lipinski definition) is 2. The second kappa shape index (κ2) is 3.00. The third-order valence-corrected chi connectivity index (χ3v) is 3.44. The first-order chi connectivity index (χ1) is 5.71. The average Bonchev–Trinajstić information content (AvgIpc) is 2.73. The standard InChI is InChI=1S/C10H19NO/c11-9(7-8-3-4-8)10(12)5-1-2-6-10/h8-9,12H,1-7,11H2. The molecule has 0 radical (unpaired) electrons. The van der Waals surface area contributed by atoms with Gasteiger partial charge in [0.15, 0.2) is 0 Å². The first kappa shape index (κ1) is 8.52. The van der Waals surface area contributed by atoms with Crippen molar-refractivity contribution < 1.29 is 5.11 Å². The second-order valence-corrected chi connectivity index (χ2v) is 4.60. The van der Waals surface area contributed by atoms with Crippen molar-refractivity contribution in [1.82, 2.24) is 0 Å². The van der Waals surface area contributed by atoms with Gasteiger partial charge < -0.3 is 10.8 Å². The van der Waals surface area contributed by atoms with Gasteiger partial charge in [-0.3, -0.25) is 0 Å². The van der Waals surface area contributed by atoms with Crippen LogP contribution in [0.4, 0.5) is 0 Å². The summed E-state index contributed by atoms with van der Waals surface area (Å²) in [5.41, 5.74) is 5.51. The van der Waals surface area contributed by atoms with E-state index in [4.69, 9.17) is 5.73 Å². The van der Waals surface area contributed by atoms with Crippen LogP contribution in [0.1, 0.15) is 44.9 Å². The molecule has 0 aromatic carbocycles. The lowest BCUT2D eigenvalue weighted by atomic mass is 9.89. The molecule has 2 fully saturated rings. The van der Waals surface area contributed by atoms with Gasteiger partial charge in [-0.25, -0.2) is 0 Å². The number of hydrogen-bond acceptors (Lipinski definition) is 2. The minimum atomic E-state index is -0.497. The fourth-order valence-electron chi connectivity index (χ4n) is 2.29. The molecular weight excluding hydrogens is 150 g/mol. The Morgan fingerprint density at radius 1 is 1.33 bits per heavy atom. The van der Waals surface area contributed by atoms with Gasteiger partial charge in [-0.1, -0.05) is 25.7 Å². The lowest BCUT2D eigenvalue weighted by molar-refractivity contribution is 0.0167. The molecule has 2 saturated carbocycles. The first-order valence-corrected chi connectivity index (χ1v) is 5.19. The summed E-state index contributed by atoms with van der Waals surface area (Å²) in [5.74, 6) is 0.838. The maximum Gasteiger partial charge on any atom is 0.0798 e. The summed E-state index contributed by atoms with van der Waals surface area (Å²) >= 11 is 0. The highest BCUT2D eigenvalue weighted by atomic mass is 16.3. The molecule has 70 valence electrons. The first-order valence-electron chi connectivity index (χ1n) is 5.19. The van der Waals surface area contributed by atoms with Crippen molar-refractivity contribution in [2.24, 2.45) is 11.7 Å². The Hall–Kier alpha value is -0.0800. The maximum atomic E-state index is 10.1. The maximum absolute atomic E-state index is 10.1. The Balaban J connectivity index is 1.87. The molecule has 0 aliphatic heterocycles. The third-order valence-electron chi connectivity index (χ3n) is 3.44. The Kier molecular flexibility index (Phi) is 2.13. The summed E-state index contributed by atoms with van der Waals surface area (Å²) in [6, 6.07) is 0.0486. The zero-order chi connectivity index (χ0) is 8.60. The second-order valence-electron chi connectivity index (χ2n) is 4.60. The molecular formula is C10H19NO. The monoisotopic (exact) mass is 169 g/mol. The molecule has 12 heavy (non-hydrogen) atoms. The molecule has 0 spiro atoms. The van der Waals surface area contributed by atoms with E-state index in [2.05, 4.69) is 0 Å². The summed E-state index contributed by atoms with van der Waals surface area (Å²) in [7, 11) is 0. The predicted molar refractivity (Wildman–Crippen MR) is 48.7 cm³/mol. The molecule has 2 heteroatoms. The van der Waals surface area contributed by atoms with Crippen molar-refractivity contribution in [1.29, 1.82) is 0 Å². The van der Waals surface area contributed by atoms with Gasteiger partial charge in [-0.2, -0.15) is 0 Å². The summed E-state index contributed by atoms with van der Waals surface area (Å²) in [6.45, 7) is 0. The van der Waals surface area contributed by atoms with Crippen LogP contribution in [0.2, 0.25) is 0 Å². The van der Waals surface area contributed by atoms with Gasteiger partial charge in [0.2, 0.25) is 0 Å². The molecule has 2 nitrogen and oxygen atoms in total. The Bertz CT molecular complexity index is 159. The van der Waals surface area contributed by atoms with Crippen molar-refractivity contribution in [2.45, 2.75) is 56.6 Å². The Labute approximate surface area is 74.1 Å². The molecule has 0 saturated heterocycles. The zero-order valence-electron chi connectivity index (χ0n) is 7.63. The van der Waals surface area contributed by atoms with Crippen molar-refractivity contribution in [3.05, 3.63) is 0 Å². The van der Waals surface area contributed by atoms with Crippen LogP contribution in [-0.4, -0.2) is 16.7 Å². The molecule has 0 amide bonds. The van der Waals surface area contributed by atoms with E-state index in [1.54, 1.807) is 0 Å². The van der Waals surface area contributed by atoms with E-state index in [9.17, 15) is 5.11 Å². The van der Waals surface area contributed by atoms with E-state index in [0.29, 0.717) is 0 Å². The molecule has 2 rings (SSSR count). The zero-order valence-corrected chi connectivity index (χ0v) is 7.63. The Morgan fingerprint density at radius 3 is 2.42 bits per heavy atom. The van der Waals surface area contributed by atoms with Gasteiger partial charge >= 0.3 is 0 Å². The van der Waals surface area contributed by atoms with E-state index >= 15 is 0 Å². The smallest absolute Gasteiger partial charge is 0.0798 e. The highest BCUT2D eigenvalue weighted by Gasteiger charge is 2.39. The van der Waals surface area contributed by atoms with Crippen LogP contribution in [0.5, 0.6) is 0 Å². The molecule has 1 atom stereocenters. The SMILES string of the molecule is NC(CC1CC1)C1(O)CCCC1. The van der Waals surface area contributed by atoms with E-state index in [1.165, 1.54) is 12.8 Å². The van der Waals surface area contributed by atoms with Gasteiger partial charge in [0, 0.05) is 6.04 Å². The molecule has 0 aromatic heterocycles. The summed E-state index contributed by atoms with van der Waals surface area (Å²) in [5, 5.41) is 10.1. The summed E-state index contributed by atoms with van der Waals surface area (Å²) in [6.07, 6.45) is 7.91. The van der Waals surface area contributed by atoms with Gasteiger partial charge in [0.1, 0.15) is 0 Å². The molecule has 0 aromatic rings. The lowest BCUT2D eigenvalue weighted by Gasteiger charge is -2.29. The van der Waals surface area contributed by atoms with Gasteiger partial charge in [0.05, 0.1) is 5.60 Å². The number of nitrogens with two attached hydrogens (primary N) is 1. The van der Waals surface area contributed by atoms with E-state index < -0.39 is 5.60 Å². The largest absolute Gasteiger partial charge is 0.388 e. The fourth-order valence-corrected chi connectivity index (χ4v) is 2.29. The lowest BCUT2D eigenvalue weighted by Crippen LogP contribution is -2.46. The van der Waals surface area contributed by atoms with Crippen LogP contribution in [0.15, 0.2) is 0 Å². The van der Waals surface area contributed by atoms with Gasteiger partial charge in [0.25, 0.3) is 0 Å². The quantitative estimate of drug-likeness (QED) is 0.671. The average molecular weight is 169 g/mol. The van der Waals surface area contributed by atoms with Crippen molar-refractivity contribution in [2.75, 3.05) is 0 Å². The van der Waals surface area contributed by atoms with Crippen LogP contribution < -0.4 is 5.73 Å². The fraction of sp³-hybridized carbons (Fsp3) is 1.00. The van der Waals surface area contributed by atoms with Crippen molar-refractivity contribution in [3.63, 3.8) is 0 Å². The van der Waals surface area contributed by atoms with E-state index in [-0.39, 0.29) is 6.04 Å². The molecule has 1 unspecified atom stereocenters. The van der Waals surface area contributed by atoms with Gasteiger partial charge in [-0.05, 0) is 25.2 Å². The minimum Gasteiger partial charge on any atom is -0.388 e.